The summed E-state index contributed by atoms with van der Waals surface area (Å²) in [6.07, 6.45) is 6.17. The van der Waals surface area contributed by atoms with Crippen molar-refractivity contribution < 1.29 is 4.74 Å². The van der Waals surface area contributed by atoms with Gasteiger partial charge in [0.15, 0.2) is 0 Å². The summed E-state index contributed by atoms with van der Waals surface area (Å²) in [5.74, 6) is 3.42. The van der Waals surface area contributed by atoms with Crippen LogP contribution in [0.3, 0.4) is 0 Å². The maximum Gasteiger partial charge on any atom is 0.148 e. The van der Waals surface area contributed by atoms with Crippen LogP contribution >= 0.6 is 0 Å². The Kier molecular flexibility index (Phi) is 2.34. The molecule has 0 fully saturated rings. The molecule has 17 heavy (non-hydrogen) atoms. The van der Waals surface area contributed by atoms with Crippen LogP contribution in [0, 0.1) is 12.3 Å². The Bertz CT molecular complexity index is 605. The second kappa shape index (κ2) is 3.99. The molecule has 0 bridgehead atoms. The van der Waals surface area contributed by atoms with Crippen molar-refractivity contribution in [1.29, 1.82) is 0 Å². The van der Waals surface area contributed by atoms with Gasteiger partial charge in [0.2, 0.25) is 0 Å². The summed E-state index contributed by atoms with van der Waals surface area (Å²) in [7, 11) is 0. The predicted octanol–water partition coefficient (Wildman–Crippen LogP) is 3.27. The van der Waals surface area contributed by atoms with Crippen molar-refractivity contribution in [2.24, 2.45) is 0 Å². The van der Waals surface area contributed by atoms with E-state index in [2.05, 4.69) is 36.3 Å². The molecule has 2 aromatic carbocycles. The minimum Gasteiger partial charge on any atom is -0.481 e. The fraction of sp³-hybridized carbons (Fsp3) is 0.125. The molecule has 0 saturated heterocycles. The van der Waals surface area contributed by atoms with Gasteiger partial charge in [-0.3, -0.25) is 0 Å². The summed E-state index contributed by atoms with van der Waals surface area (Å²) in [6.45, 7) is 0.326. The Morgan fingerprint density at radius 3 is 2.76 bits per heavy atom. The zero-order chi connectivity index (χ0) is 11.7. The van der Waals surface area contributed by atoms with Crippen LogP contribution in [0.2, 0.25) is 0 Å². The van der Waals surface area contributed by atoms with Gasteiger partial charge in [0.05, 0.1) is 0 Å². The minimum atomic E-state index is 0.326. The van der Waals surface area contributed by atoms with Gasteiger partial charge >= 0.3 is 0 Å². The lowest BCUT2D eigenvalue weighted by molar-refractivity contribution is 0.367. The summed E-state index contributed by atoms with van der Waals surface area (Å²) in [5.41, 5.74) is 5.20. The van der Waals surface area contributed by atoms with Gasteiger partial charge in [0.1, 0.15) is 12.4 Å². The van der Waals surface area contributed by atoms with E-state index in [1.165, 1.54) is 22.3 Å². The zero-order valence-electron chi connectivity index (χ0n) is 9.44. The van der Waals surface area contributed by atoms with Crippen LogP contribution in [-0.2, 0) is 6.42 Å². The van der Waals surface area contributed by atoms with Crippen LogP contribution in [0.25, 0.3) is 11.1 Å². The molecule has 0 aliphatic heterocycles. The van der Waals surface area contributed by atoms with Gasteiger partial charge < -0.3 is 4.74 Å². The highest BCUT2D eigenvalue weighted by molar-refractivity contribution is 5.78. The molecule has 82 valence electrons. The highest BCUT2D eigenvalue weighted by Crippen LogP contribution is 2.40. The van der Waals surface area contributed by atoms with Gasteiger partial charge in [0, 0.05) is 12.0 Å². The molecule has 1 nitrogen and oxygen atoms in total. The zero-order valence-corrected chi connectivity index (χ0v) is 9.44. The average molecular weight is 220 g/mol. The Morgan fingerprint density at radius 1 is 1.06 bits per heavy atom. The van der Waals surface area contributed by atoms with E-state index in [0.717, 1.165) is 12.2 Å². The molecule has 0 atom stereocenters. The molecule has 0 spiro atoms. The van der Waals surface area contributed by atoms with Crippen molar-refractivity contribution in [3.8, 4) is 29.2 Å². The van der Waals surface area contributed by atoms with Crippen LogP contribution in [0.15, 0.2) is 42.5 Å². The van der Waals surface area contributed by atoms with Crippen LogP contribution in [0.5, 0.6) is 5.75 Å². The lowest BCUT2D eigenvalue weighted by Gasteiger charge is -2.08. The molecule has 1 heteroatoms. The number of hydrogen-bond donors (Lipinski definition) is 0. The summed E-state index contributed by atoms with van der Waals surface area (Å²) in [6, 6.07) is 14.6. The lowest BCUT2D eigenvalue weighted by atomic mass is 10.1. The van der Waals surface area contributed by atoms with Crippen LogP contribution in [0.4, 0.5) is 0 Å². The fourth-order valence-electron chi connectivity index (χ4n) is 2.38. The third kappa shape index (κ3) is 1.59. The van der Waals surface area contributed by atoms with Crippen LogP contribution < -0.4 is 4.74 Å². The topological polar surface area (TPSA) is 9.23 Å². The van der Waals surface area contributed by atoms with Crippen molar-refractivity contribution in [2.45, 2.75) is 6.42 Å². The summed E-state index contributed by atoms with van der Waals surface area (Å²) >= 11 is 0. The number of terminal acetylenes is 1. The number of ether oxygens (including phenoxy) is 1. The van der Waals surface area contributed by atoms with Crippen molar-refractivity contribution in [1.82, 2.24) is 0 Å². The Labute approximate surface area is 101 Å². The van der Waals surface area contributed by atoms with Crippen molar-refractivity contribution in [3.05, 3.63) is 53.6 Å². The smallest absolute Gasteiger partial charge is 0.148 e. The molecular weight excluding hydrogens is 208 g/mol. The van der Waals surface area contributed by atoms with Crippen molar-refractivity contribution >= 4 is 0 Å². The Hall–Kier alpha value is -2.20. The summed E-state index contributed by atoms with van der Waals surface area (Å²) in [4.78, 5) is 0. The molecule has 0 N–H and O–H groups in total. The Morgan fingerprint density at radius 2 is 1.88 bits per heavy atom. The van der Waals surface area contributed by atoms with Gasteiger partial charge in [-0.05, 0) is 22.8 Å². The first kappa shape index (κ1) is 9.99. The van der Waals surface area contributed by atoms with E-state index in [1.54, 1.807) is 0 Å². The minimum absolute atomic E-state index is 0.326. The SMILES string of the molecule is C#CCOc1cccc2c1Cc1ccccc1-2. The van der Waals surface area contributed by atoms with Crippen molar-refractivity contribution in [2.75, 3.05) is 6.61 Å². The Balaban J connectivity index is 2.08. The van der Waals surface area contributed by atoms with Crippen LogP contribution in [0.1, 0.15) is 11.1 Å². The highest BCUT2D eigenvalue weighted by Gasteiger charge is 2.20. The maximum absolute atomic E-state index is 5.59. The van der Waals surface area contributed by atoms with Crippen LogP contribution in [-0.4, -0.2) is 6.61 Å². The van der Waals surface area contributed by atoms with E-state index < -0.39 is 0 Å². The summed E-state index contributed by atoms with van der Waals surface area (Å²) < 4.78 is 5.59. The molecular formula is C16H12O. The largest absolute Gasteiger partial charge is 0.481 e. The predicted molar refractivity (Wildman–Crippen MR) is 69.0 cm³/mol. The van der Waals surface area contributed by atoms with Gasteiger partial charge in [-0.1, -0.05) is 42.3 Å². The quantitative estimate of drug-likeness (QED) is 0.602. The molecule has 0 radical (unpaired) electrons. The average Bonchev–Trinajstić information content (AvgIpc) is 2.75. The molecule has 0 unspecified atom stereocenters. The standard InChI is InChI=1S/C16H12O/c1-2-10-17-16-9-5-8-14-13-7-4-3-6-12(13)11-15(14)16/h1,3-9H,10-11H2. The molecule has 0 heterocycles. The molecule has 1 aliphatic carbocycles. The first-order valence-electron chi connectivity index (χ1n) is 5.66. The van der Waals surface area contributed by atoms with Gasteiger partial charge in [-0.2, -0.15) is 0 Å². The third-order valence-corrected chi connectivity index (χ3v) is 3.12. The second-order valence-electron chi connectivity index (χ2n) is 4.11. The molecule has 1 aliphatic rings. The van der Waals surface area contributed by atoms with Gasteiger partial charge in [0.25, 0.3) is 0 Å². The van der Waals surface area contributed by atoms with E-state index >= 15 is 0 Å². The number of benzene rings is 2. The number of fused-ring (bicyclic) bond motifs is 3. The number of rotatable bonds is 2. The van der Waals surface area contributed by atoms with Gasteiger partial charge in [-0.15, -0.1) is 6.42 Å². The van der Waals surface area contributed by atoms with E-state index in [1.807, 2.05) is 12.1 Å². The van der Waals surface area contributed by atoms with E-state index in [-0.39, 0.29) is 0 Å². The monoisotopic (exact) mass is 220 g/mol. The second-order valence-corrected chi connectivity index (χ2v) is 4.11. The maximum atomic E-state index is 5.59. The molecule has 2 aromatic rings. The molecule has 3 rings (SSSR count). The molecule has 0 aromatic heterocycles. The third-order valence-electron chi connectivity index (χ3n) is 3.12. The first-order chi connectivity index (χ1) is 8.40. The normalized spacial score (nSPS) is 11.5. The molecule has 0 amide bonds. The number of hydrogen-bond acceptors (Lipinski definition) is 1. The first-order valence-corrected chi connectivity index (χ1v) is 5.66. The molecule has 0 saturated carbocycles. The van der Waals surface area contributed by atoms with E-state index in [9.17, 15) is 0 Å². The van der Waals surface area contributed by atoms with E-state index in [0.29, 0.717) is 6.61 Å². The van der Waals surface area contributed by atoms with Crippen molar-refractivity contribution in [3.63, 3.8) is 0 Å². The highest BCUT2D eigenvalue weighted by atomic mass is 16.5. The van der Waals surface area contributed by atoms with E-state index in [4.69, 9.17) is 11.2 Å². The summed E-state index contributed by atoms with van der Waals surface area (Å²) in [5, 5.41) is 0. The lowest BCUT2D eigenvalue weighted by Crippen LogP contribution is -1.96. The van der Waals surface area contributed by atoms with Gasteiger partial charge in [-0.25, -0.2) is 0 Å². The fourth-order valence-corrected chi connectivity index (χ4v) is 2.38.